The van der Waals surface area contributed by atoms with Gasteiger partial charge in [0.2, 0.25) is 0 Å². The normalized spacial score (nSPS) is 9.83. The molecule has 0 aliphatic carbocycles. The lowest BCUT2D eigenvalue weighted by Gasteiger charge is -1.99. The van der Waals surface area contributed by atoms with Gasteiger partial charge in [0.15, 0.2) is 0 Å². The van der Waals surface area contributed by atoms with E-state index in [1.165, 1.54) is 9.77 Å². The topological polar surface area (TPSA) is 20.2 Å². The second kappa shape index (κ2) is 7.27. The molecule has 0 spiro atoms. The minimum atomic E-state index is 0.128. The molecule has 1 heterocycles. The summed E-state index contributed by atoms with van der Waals surface area (Å²) in [6.45, 7) is 0.128. The van der Waals surface area contributed by atoms with Crippen molar-refractivity contribution in [2.45, 2.75) is 16.4 Å². The van der Waals surface area contributed by atoms with Crippen LogP contribution in [0.1, 0.15) is 17.5 Å². The van der Waals surface area contributed by atoms with E-state index in [4.69, 9.17) is 5.11 Å². The zero-order valence-electron chi connectivity index (χ0n) is 9.93. The molecule has 2 rings (SSSR count). The average molecular weight is 274 g/mol. The standard InChI is InChI=1S/C15H14OS2/c16-10-2-1-4-13-6-8-14(9-7-13)12-18-15-5-3-11-17-15/h3,5-9,11,16H,2,10,12H2. The summed E-state index contributed by atoms with van der Waals surface area (Å²) in [6, 6.07) is 12.5. The maximum atomic E-state index is 8.64. The summed E-state index contributed by atoms with van der Waals surface area (Å²) in [6.07, 6.45) is 0.538. The summed E-state index contributed by atoms with van der Waals surface area (Å²) in [5, 5.41) is 10.7. The van der Waals surface area contributed by atoms with Gasteiger partial charge in [0.25, 0.3) is 0 Å². The molecule has 92 valence electrons. The third-order valence-corrected chi connectivity index (χ3v) is 4.50. The number of thioether (sulfide) groups is 1. The molecule has 1 aromatic heterocycles. The predicted molar refractivity (Wildman–Crippen MR) is 78.9 cm³/mol. The van der Waals surface area contributed by atoms with Crippen molar-refractivity contribution in [3.05, 3.63) is 52.9 Å². The summed E-state index contributed by atoms with van der Waals surface area (Å²) < 4.78 is 1.35. The highest BCUT2D eigenvalue weighted by atomic mass is 32.2. The Morgan fingerprint density at radius 2 is 2.00 bits per heavy atom. The van der Waals surface area contributed by atoms with Crippen molar-refractivity contribution >= 4 is 23.1 Å². The number of rotatable bonds is 4. The van der Waals surface area contributed by atoms with Gasteiger partial charge in [-0.05, 0) is 29.1 Å². The van der Waals surface area contributed by atoms with Gasteiger partial charge in [-0.1, -0.05) is 30.0 Å². The molecule has 0 unspecified atom stereocenters. The lowest BCUT2D eigenvalue weighted by molar-refractivity contribution is 0.305. The number of aliphatic hydroxyl groups is 1. The first-order valence-corrected chi connectivity index (χ1v) is 7.60. The minimum absolute atomic E-state index is 0.128. The Morgan fingerprint density at radius 3 is 2.67 bits per heavy atom. The SMILES string of the molecule is OCCC#Cc1ccc(CSc2cccs2)cc1. The van der Waals surface area contributed by atoms with E-state index in [9.17, 15) is 0 Å². The number of thiophene rings is 1. The van der Waals surface area contributed by atoms with Crippen LogP contribution in [0.2, 0.25) is 0 Å². The Kier molecular flexibility index (Phi) is 5.35. The van der Waals surface area contributed by atoms with Gasteiger partial charge in [-0.3, -0.25) is 0 Å². The van der Waals surface area contributed by atoms with Crippen LogP contribution in [-0.2, 0) is 5.75 Å². The highest BCUT2D eigenvalue weighted by Crippen LogP contribution is 2.26. The van der Waals surface area contributed by atoms with Gasteiger partial charge in [0, 0.05) is 17.7 Å². The lowest BCUT2D eigenvalue weighted by atomic mass is 10.1. The molecule has 0 atom stereocenters. The highest BCUT2D eigenvalue weighted by molar-refractivity contribution is 8.00. The molecule has 3 heteroatoms. The van der Waals surface area contributed by atoms with E-state index in [0.717, 1.165) is 11.3 Å². The number of hydrogen-bond acceptors (Lipinski definition) is 3. The van der Waals surface area contributed by atoms with Crippen LogP contribution in [0.15, 0.2) is 46.0 Å². The molecule has 0 radical (unpaired) electrons. The van der Waals surface area contributed by atoms with Gasteiger partial charge in [-0.25, -0.2) is 0 Å². The van der Waals surface area contributed by atoms with Gasteiger partial charge in [-0.2, -0.15) is 0 Å². The van der Waals surface area contributed by atoms with Crippen LogP contribution in [0.5, 0.6) is 0 Å². The van der Waals surface area contributed by atoms with Gasteiger partial charge < -0.3 is 5.11 Å². The summed E-state index contributed by atoms with van der Waals surface area (Å²) in [5.41, 5.74) is 2.31. The molecule has 0 fully saturated rings. The average Bonchev–Trinajstić information content (AvgIpc) is 2.91. The molecule has 1 N–H and O–H groups in total. The monoisotopic (exact) mass is 274 g/mol. The lowest BCUT2D eigenvalue weighted by Crippen LogP contribution is -1.81. The molecular formula is C15H14OS2. The van der Waals surface area contributed by atoms with E-state index in [-0.39, 0.29) is 6.61 Å². The Bertz CT molecular complexity index is 518. The van der Waals surface area contributed by atoms with Crippen LogP contribution in [0, 0.1) is 11.8 Å². The molecule has 0 aliphatic rings. The number of hydrogen-bond donors (Lipinski definition) is 1. The zero-order valence-corrected chi connectivity index (χ0v) is 11.6. The first-order chi connectivity index (χ1) is 8.88. The largest absolute Gasteiger partial charge is 0.395 e. The molecule has 1 nitrogen and oxygen atoms in total. The van der Waals surface area contributed by atoms with E-state index >= 15 is 0 Å². The summed E-state index contributed by atoms with van der Waals surface area (Å²) >= 11 is 3.63. The predicted octanol–water partition coefficient (Wildman–Crippen LogP) is 3.77. The molecular weight excluding hydrogens is 260 g/mol. The Hall–Kier alpha value is -1.21. The van der Waals surface area contributed by atoms with Crippen LogP contribution in [-0.4, -0.2) is 11.7 Å². The fraction of sp³-hybridized carbons (Fsp3) is 0.200. The molecule has 18 heavy (non-hydrogen) atoms. The van der Waals surface area contributed by atoms with Crippen molar-refractivity contribution in [2.75, 3.05) is 6.61 Å². The van der Waals surface area contributed by atoms with Crippen molar-refractivity contribution < 1.29 is 5.11 Å². The maximum absolute atomic E-state index is 8.64. The van der Waals surface area contributed by atoms with Crippen molar-refractivity contribution in [1.29, 1.82) is 0 Å². The second-order valence-corrected chi connectivity index (χ2v) is 5.92. The van der Waals surface area contributed by atoms with E-state index in [0.29, 0.717) is 6.42 Å². The van der Waals surface area contributed by atoms with Crippen LogP contribution < -0.4 is 0 Å². The third-order valence-electron chi connectivity index (χ3n) is 2.30. The third kappa shape index (κ3) is 4.23. The smallest absolute Gasteiger partial charge is 0.0601 e. The number of benzene rings is 1. The van der Waals surface area contributed by atoms with E-state index in [1.807, 2.05) is 23.9 Å². The first-order valence-electron chi connectivity index (χ1n) is 5.73. The van der Waals surface area contributed by atoms with Crippen LogP contribution in [0.4, 0.5) is 0 Å². The van der Waals surface area contributed by atoms with Crippen LogP contribution >= 0.6 is 23.1 Å². The van der Waals surface area contributed by atoms with Gasteiger partial charge >= 0.3 is 0 Å². The fourth-order valence-electron chi connectivity index (χ4n) is 1.40. The van der Waals surface area contributed by atoms with Gasteiger partial charge in [0.05, 0.1) is 10.8 Å². The maximum Gasteiger partial charge on any atom is 0.0601 e. The summed E-state index contributed by atoms with van der Waals surface area (Å²) in [5.74, 6) is 6.94. The summed E-state index contributed by atoms with van der Waals surface area (Å²) in [4.78, 5) is 0. The number of aliphatic hydroxyl groups excluding tert-OH is 1. The molecule has 0 bridgehead atoms. The van der Waals surface area contributed by atoms with E-state index in [2.05, 4.69) is 41.5 Å². The first kappa shape index (κ1) is 13.2. The molecule has 0 saturated heterocycles. The van der Waals surface area contributed by atoms with Crippen LogP contribution in [0.3, 0.4) is 0 Å². The molecule has 0 amide bonds. The van der Waals surface area contributed by atoms with Gasteiger partial charge in [0.1, 0.15) is 0 Å². The molecule has 0 saturated carbocycles. The summed E-state index contributed by atoms with van der Waals surface area (Å²) in [7, 11) is 0. The van der Waals surface area contributed by atoms with Gasteiger partial charge in [-0.15, -0.1) is 23.1 Å². The highest BCUT2D eigenvalue weighted by Gasteiger charge is 1.97. The molecule has 1 aromatic carbocycles. The molecule has 2 aromatic rings. The van der Waals surface area contributed by atoms with Crippen molar-refractivity contribution in [2.24, 2.45) is 0 Å². The Morgan fingerprint density at radius 1 is 1.17 bits per heavy atom. The van der Waals surface area contributed by atoms with Crippen molar-refractivity contribution in [3.8, 4) is 11.8 Å². The Balaban J connectivity index is 1.90. The zero-order chi connectivity index (χ0) is 12.6. The van der Waals surface area contributed by atoms with Crippen molar-refractivity contribution in [3.63, 3.8) is 0 Å². The second-order valence-electron chi connectivity index (χ2n) is 3.69. The Labute approximate surface area is 116 Å². The van der Waals surface area contributed by atoms with Crippen LogP contribution in [0.25, 0.3) is 0 Å². The fourth-order valence-corrected chi connectivity index (χ4v) is 3.15. The van der Waals surface area contributed by atoms with E-state index < -0.39 is 0 Å². The quantitative estimate of drug-likeness (QED) is 0.676. The molecule has 0 aliphatic heterocycles. The minimum Gasteiger partial charge on any atom is -0.395 e. The van der Waals surface area contributed by atoms with E-state index in [1.54, 1.807) is 11.3 Å². The van der Waals surface area contributed by atoms with Crippen molar-refractivity contribution in [1.82, 2.24) is 0 Å².